The maximum atomic E-state index is 12.4. The average molecular weight is 391 g/mol. The first-order chi connectivity index (χ1) is 12.9. The van der Waals surface area contributed by atoms with Crippen LogP contribution in [0.3, 0.4) is 0 Å². The van der Waals surface area contributed by atoms with E-state index < -0.39 is 5.69 Å². The van der Waals surface area contributed by atoms with Gasteiger partial charge in [-0.25, -0.2) is 14.8 Å². The highest BCUT2D eigenvalue weighted by atomic mass is 35.5. The van der Waals surface area contributed by atoms with Gasteiger partial charge >= 0.3 is 5.69 Å². The number of carbonyl (C=O) groups excluding carboxylic acids is 1. The second-order valence-corrected chi connectivity index (χ2v) is 6.54. The number of pyridine rings is 1. The molecule has 0 spiro atoms. The highest BCUT2D eigenvalue weighted by Gasteiger charge is 2.13. The highest BCUT2D eigenvalue weighted by Crippen LogP contribution is 2.07. The third kappa shape index (κ3) is 3.77. The number of aromatic nitrogens is 5. The minimum atomic E-state index is -0.405. The summed E-state index contributed by atoms with van der Waals surface area (Å²) in [6.45, 7) is 1.05. The normalized spacial score (nSPS) is 11.1. The Morgan fingerprint density at radius 1 is 1.15 bits per heavy atom. The summed E-state index contributed by atoms with van der Waals surface area (Å²) in [7, 11) is 3.03. The molecule has 0 radical (unpaired) electrons. The number of fused-ring (bicyclic) bond motifs is 1. The van der Waals surface area contributed by atoms with E-state index in [4.69, 9.17) is 11.6 Å². The third-order valence-corrected chi connectivity index (χ3v) is 4.54. The van der Waals surface area contributed by atoms with Crippen LogP contribution in [0.4, 0.5) is 0 Å². The van der Waals surface area contributed by atoms with Crippen LogP contribution < -0.4 is 16.6 Å². The molecule has 0 aromatic carbocycles. The van der Waals surface area contributed by atoms with E-state index in [9.17, 15) is 14.4 Å². The number of halogens is 1. The van der Waals surface area contributed by atoms with E-state index in [1.807, 2.05) is 0 Å². The summed E-state index contributed by atoms with van der Waals surface area (Å²) in [5, 5.41) is 3.15. The van der Waals surface area contributed by atoms with Crippen LogP contribution in [0.25, 0.3) is 11.2 Å². The molecule has 0 aliphatic heterocycles. The van der Waals surface area contributed by atoms with Gasteiger partial charge in [-0.3, -0.25) is 18.7 Å². The van der Waals surface area contributed by atoms with Crippen molar-refractivity contribution in [2.24, 2.45) is 14.1 Å². The standard InChI is InChI=1S/C17H19ClN6O3/c1-22-14-13(16(26)23(2)17(22)27)24(10-21-14)8-4-3-7-19-15(25)11-5-6-12(18)20-9-11/h5-6,9-10H,3-4,7-8H2,1-2H3,(H,19,25). The lowest BCUT2D eigenvalue weighted by Gasteiger charge is -2.07. The number of hydrogen-bond acceptors (Lipinski definition) is 5. The van der Waals surface area contributed by atoms with Crippen LogP contribution in [-0.4, -0.2) is 36.1 Å². The van der Waals surface area contributed by atoms with Crippen molar-refractivity contribution in [1.82, 2.24) is 29.0 Å². The first kappa shape index (κ1) is 18.8. The van der Waals surface area contributed by atoms with Gasteiger partial charge < -0.3 is 9.88 Å². The molecule has 1 amide bonds. The van der Waals surface area contributed by atoms with Gasteiger partial charge in [0.15, 0.2) is 11.2 Å². The zero-order chi connectivity index (χ0) is 19.6. The van der Waals surface area contributed by atoms with Crippen molar-refractivity contribution in [3.63, 3.8) is 0 Å². The van der Waals surface area contributed by atoms with Gasteiger partial charge in [0.1, 0.15) is 5.15 Å². The zero-order valence-corrected chi connectivity index (χ0v) is 15.7. The van der Waals surface area contributed by atoms with Crippen LogP contribution in [0.5, 0.6) is 0 Å². The number of unbranched alkanes of at least 4 members (excludes halogenated alkanes) is 1. The first-order valence-corrected chi connectivity index (χ1v) is 8.78. The maximum Gasteiger partial charge on any atom is 0.332 e. The van der Waals surface area contributed by atoms with Crippen molar-refractivity contribution >= 4 is 28.7 Å². The predicted octanol–water partition coefficient (Wildman–Crippen LogP) is 0.692. The Kier molecular flexibility index (Phi) is 5.41. The Bertz CT molecular complexity index is 1100. The Morgan fingerprint density at radius 2 is 1.93 bits per heavy atom. The van der Waals surface area contributed by atoms with Gasteiger partial charge in [0.05, 0.1) is 11.9 Å². The quantitative estimate of drug-likeness (QED) is 0.492. The van der Waals surface area contributed by atoms with Crippen LogP contribution in [0, 0.1) is 0 Å². The molecule has 0 fully saturated rings. The SMILES string of the molecule is Cn1c(=O)c2c(ncn2CCCCNC(=O)c2ccc(Cl)nc2)n(C)c1=O. The summed E-state index contributed by atoms with van der Waals surface area (Å²) >= 11 is 5.70. The van der Waals surface area contributed by atoms with Crippen molar-refractivity contribution in [2.75, 3.05) is 6.54 Å². The number of hydrogen-bond donors (Lipinski definition) is 1. The molecule has 9 nitrogen and oxygen atoms in total. The molecule has 142 valence electrons. The molecular weight excluding hydrogens is 372 g/mol. The predicted molar refractivity (Wildman–Crippen MR) is 101 cm³/mol. The lowest BCUT2D eigenvalue weighted by Crippen LogP contribution is -2.37. The van der Waals surface area contributed by atoms with Gasteiger partial charge in [0.2, 0.25) is 0 Å². The zero-order valence-electron chi connectivity index (χ0n) is 15.0. The van der Waals surface area contributed by atoms with Crippen molar-refractivity contribution in [1.29, 1.82) is 0 Å². The Labute approximate surface area is 159 Å². The highest BCUT2D eigenvalue weighted by molar-refractivity contribution is 6.29. The van der Waals surface area contributed by atoms with E-state index in [2.05, 4.69) is 15.3 Å². The van der Waals surface area contributed by atoms with Crippen LogP contribution >= 0.6 is 11.6 Å². The summed E-state index contributed by atoms with van der Waals surface area (Å²) in [6.07, 6.45) is 4.44. The van der Waals surface area contributed by atoms with Crippen LogP contribution in [-0.2, 0) is 20.6 Å². The van der Waals surface area contributed by atoms with E-state index >= 15 is 0 Å². The number of aryl methyl sites for hydroxylation is 2. The molecular formula is C17H19ClN6O3. The molecule has 0 aliphatic rings. The summed E-state index contributed by atoms with van der Waals surface area (Å²) in [4.78, 5) is 44.3. The fourth-order valence-electron chi connectivity index (χ4n) is 2.79. The van der Waals surface area contributed by atoms with Gasteiger partial charge in [-0.2, -0.15) is 0 Å². The summed E-state index contributed by atoms with van der Waals surface area (Å²) in [5.74, 6) is -0.212. The van der Waals surface area contributed by atoms with Gasteiger partial charge in [-0.15, -0.1) is 0 Å². The lowest BCUT2D eigenvalue weighted by molar-refractivity contribution is 0.0952. The molecule has 10 heteroatoms. The molecule has 0 saturated carbocycles. The van der Waals surface area contributed by atoms with Gasteiger partial charge in [-0.1, -0.05) is 11.6 Å². The van der Waals surface area contributed by atoms with Crippen molar-refractivity contribution in [3.8, 4) is 0 Å². The maximum absolute atomic E-state index is 12.4. The van der Waals surface area contributed by atoms with E-state index in [-0.39, 0.29) is 11.5 Å². The Balaban J connectivity index is 1.58. The van der Waals surface area contributed by atoms with Crippen molar-refractivity contribution in [2.45, 2.75) is 19.4 Å². The topological polar surface area (TPSA) is 104 Å². The average Bonchev–Trinajstić information content (AvgIpc) is 3.09. The third-order valence-electron chi connectivity index (χ3n) is 4.32. The Morgan fingerprint density at radius 3 is 2.63 bits per heavy atom. The van der Waals surface area contributed by atoms with Crippen LogP contribution in [0.15, 0.2) is 34.2 Å². The smallest absolute Gasteiger partial charge is 0.332 e. The minimum Gasteiger partial charge on any atom is -0.352 e. The number of nitrogens with zero attached hydrogens (tertiary/aromatic N) is 5. The molecule has 0 saturated heterocycles. The van der Waals surface area contributed by atoms with Crippen molar-refractivity contribution in [3.05, 3.63) is 56.2 Å². The van der Waals surface area contributed by atoms with Gasteiger partial charge in [-0.05, 0) is 25.0 Å². The Hall–Kier alpha value is -2.94. The number of amides is 1. The first-order valence-electron chi connectivity index (χ1n) is 8.40. The summed E-state index contributed by atoms with van der Waals surface area (Å²) in [6, 6.07) is 3.18. The molecule has 0 atom stereocenters. The second kappa shape index (κ2) is 7.75. The van der Waals surface area contributed by atoms with E-state index in [1.54, 1.807) is 30.1 Å². The summed E-state index contributed by atoms with van der Waals surface area (Å²) < 4.78 is 4.16. The minimum absolute atomic E-state index is 0.212. The van der Waals surface area contributed by atoms with E-state index in [0.29, 0.717) is 35.0 Å². The van der Waals surface area contributed by atoms with Crippen molar-refractivity contribution < 1.29 is 4.79 Å². The number of carbonyl (C=O) groups is 1. The fraction of sp³-hybridized carbons (Fsp3) is 0.353. The molecule has 0 bridgehead atoms. The second-order valence-electron chi connectivity index (χ2n) is 6.15. The molecule has 27 heavy (non-hydrogen) atoms. The number of imidazole rings is 1. The van der Waals surface area contributed by atoms with Crippen LogP contribution in [0.1, 0.15) is 23.2 Å². The largest absolute Gasteiger partial charge is 0.352 e. The fourth-order valence-corrected chi connectivity index (χ4v) is 2.90. The molecule has 3 rings (SSSR count). The molecule has 3 aromatic rings. The summed E-state index contributed by atoms with van der Waals surface area (Å²) in [5.41, 5.74) is 0.443. The molecule has 1 N–H and O–H groups in total. The molecule has 0 unspecified atom stereocenters. The van der Waals surface area contributed by atoms with Gasteiger partial charge in [0.25, 0.3) is 11.5 Å². The molecule has 3 aromatic heterocycles. The van der Waals surface area contributed by atoms with E-state index in [0.717, 1.165) is 17.4 Å². The van der Waals surface area contributed by atoms with Crippen LogP contribution in [0.2, 0.25) is 5.15 Å². The lowest BCUT2D eigenvalue weighted by atomic mass is 10.2. The number of nitrogens with one attached hydrogen (secondary N) is 1. The molecule has 3 heterocycles. The molecule has 0 aliphatic carbocycles. The van der Waals surface area contributed by atoms with Gasteiger partial charge in [0, 0.05) is 33.4 Å². The number of rotatable bonds is 6. The monoisotopic (exact) mass is 390 g/mol. The van der Waals surface area contributed by atoms with E-state index in [1.165, 1.54) is 17.8 Å².